The Hall–Kier alpha value is -4.82. The number of rotatable bonds is 3. The molecule has 0 atom stereocenters. The smallest absolute Gasteiger partial charge is 0.135 e. The molecule has 0 aromatic heterocycles. The van der Waals surface area contributed by atoms with Gasteiger partial charge in [0.25, 0.3) is 0 Å². The molecule has 0 aliphatic heterocycles. The summed E-state index contributed by atoms with van der Waals surface area (Å²) < 4.78 is 6.16. The molecule has 0 spiro atoms. The average molecular weight is 477 g/mol. The Morgan fingerprint density at radius 3 is 1.78 bits per heavy atom. The molecular weight excluding hydrogens is 452 g/mol. The van der Waals surface area contributed by atoms with Gasteiger partial charge < -0.3 is 9.84 Å². The first-order valence-electron chi connectivity index (χ1n) is 12.5. The maximum atomic E-state index is 12.1. The summed E-state index contributed by atoms with van der Waals surface area (Å²) in [6.07, 6.45) is 0. The highest BCUT2D eigenvalue weighted by Crippen LogP contribution is 2.50. The van der Waals surface area contributed by atoms with E-state index in [2.05, 4.69) is 91.0 Å². The van der Waals surface area contributed by atoms with Gasteiger partial charge in [-0.25, -0.2) is 0 Å². The van der Waals surface area contributed by atoms with Crippen LogP contribution in [0.3, 0.4) is 0 Å². The van der Waals surface area contributed by atoms with Gasteiger partial charge in [0.05, 0.1) is 7.11 Å². The Bertz CT molecular complexity index is 1970. The van der Waals surface area contributed by atoms with E-state index in [1.165, 1.54) is 0 Å². The van der Waals surface area contributed by atoms with Crippen molar-refractivity contribution < 1.29 is 9.84 Å². The van der Waals surface area contributed by atoms with Crippen LogP contribution in [0.25, 0.3) is 65.3 Å². The van der Waals surface area contributed by atoms with E-state index in [-0.39, 0.29) is 5.75 Å². The average Bonchev–Trinajstić information content (AvgIpc) is 2.96. The van der Waals surface area contributed by atoms with Gasteiger partial charge in [0.2, 0.25) is 0 Å². The van der Waals surface area contributed by atoms with Gasteiger partial charge in [0.15, 0.2) is 0 Å². The van der Waals surface area contributed by atoms with E-state index in [0.717, 1.165) is 71.1 Å². The Balaban J connectivity index is 1.67. The summed E-state index contributed by atoms with van der Waals surface area (Å²) in [6, 6.07) is 41.7. The molecule has 1 N–H and O–H groups in total. The number of hydrogen-bond acceptors (Lipinski definition) is 2. The third kappa shape index (κ3) is 3.26. The predicted octanol–water partition coefficient (Wildman–Crippen LogP) is 9.35. The standard InChI is InChI=1S/C35H24O2/c1-37-35-29(20-19-25-17-15-24-12-6-8-14-28(24)32(25)35)33-30(22-9-3-2-4-10-22)21-26-18-16-23-11-5-7-13-27(23)31(26)34(33)36/h2-21,36H,1H3. The first-order chi connectivity index (χ1) is 18.2. The lowest BCUT2D eigenvalue weighted by Gasteiger charge is -2.20. The van der Waals surface area contributed by atoms with Crippen LogP contribution in [0.4, 0.5) is 0 Å². The molecule has 0 radical (unpaired) electrons. The quantitative estimate of drug-likeness (QED) is 0.257. The Labute approximate surface area is 215 Å². The number of benzene rings is 7. The van der Waals surface area contributed by atoms with Gasteiger partial charge in [-0.15, -0.1) is 0 Å². The number of methoxy groups -OCH3 is 1. The molecule has 176 valence electrons. The predicted molar refractivity (Wildman–Crippen MR) is 156 cm³/mol. The third-order valence-corrected chi connectivity index (χ3v) is 7.42. The second-order valence-electron chi connectivity index (χ2n) is 9.43. The molecule has 0 bridgehead atoms. The molecule has 37 heavy (non-hydrogen) atoms. The zero-order chi connectivity index (χ0) is 24.9. The first kappa shape index (κ1) is 21.5. The van der Waals surface area contributed by atoms with Gasteiger partial charge in [-0.05, 0) is 55.6 Å². The summed E-state index contributed by atoms with van der Waals surface area (Å²) in [5.41, 5.74) is 3.67. The highest BCUT2D eigenvalue weighted by Gasteiger charge is 2.22. The number of phenols is 1. The molecule has 7 aromatic rings. The van der Waals surface area contributed by atoms with Crippen LogP contribution in [0.5, 0.6) is 11.5 Å². The molecule has 0 heterocycles. The summed E-state index contributed by atoms with van der Waals surface area (Å²) in [4.78, 5) is 0. The Kier molecular flexibility index (Phi) is 4.87. The normalized spacial score (nSPS) is 11.5. The summed E-state index contributed by atoms with van der Waals surface area (Å²) in [7, 11) is 1.72. The van der Waals surface area contributed by atoms with Gasteiger partial charge >= 0.3 is 0 Å². The van der Waals surface area contributed by atoms with E-state index in [0.29, 0.717) is 0 Å². The number of fused-ring (bicyclic) bond motifs is 6. The topological polar surface area (TPSA) is 29.5 Å². The van der Waals surface area contributed by atoms with Crippen molar-refractivity contribution in [3.63, 3.8) is 0 Å². The summed E-state index contributed by atoms with van der Waals surface area (Å²) >= 11 is 0. The molecule has 7 aromatic carbocycles. The van der Waals surface area contributed by atoms with Crippen LogP contribution < -0.4 is 4.74 Å². The van der Waals surface area contributed by atoms with Crippen molar-refractivity contribution in [1.29, 1.82) is 0 Å². The number of aromatic hydroxyl groups is 1. The maximum Gasteiger partial charge on any atom is 0.135 e. The second-order valence-corrected chi connectivity index (χ2v) is 9.43. The molecule has 2 heteroatoms. The summed E-state index contributed by atoms with van der Waals surface area (Å²) in [5.74, 6) is 1.03. The van der Waals surface area contributed by atoms with Gasteiger partial charge in [0.1, 0.15) is 11.5 Å². The number of ether oxygens (including phenoxy) is 1. The molecular formula is C35H24O2. The molecule has 0 amide bonds. The van der Waals surface area contributed by atoms with Crippen molar-refractivity contribution in [3.05, 3.63) is 121 Å². The number of hydrogen-bond donors (Lipinski definition) is 1. The molecule has 0 saturated heterocycles. The van der Waals surface area contributed by atoms with E-state index in [1.807, 2.05) is 30.3 Å². The van der Waals surface area contributed by atoms with Crippen LogP contribution in [0.15, 0.2) is 121 Å². The molecule has 7 rings (SSSR count). The molecule has 0 unspecified atom stereocenters. The van der Waals surface area contributed by atoms with Gasteiger partial charge in [0, 0.05) is 21.9 Å². The van der Waals surface area contributed by atoms with Gasteiger partial charge in [-0.2, -0.15) is 0 Å². The summed E-state index contributed by atoms with van der Waals surface area (Å²) in [5, 5.41) is 20.5. The third-order valence-electron chi connectivity index (χ3n) is 7.42. The van der Waals surface area contributed by atoms with Crippen LogP contribution in [0, 0.1) is 0 Å². The molecule has 0 fully saturated rings. The van der Waals surface area contributed by atoms with E-state index >= 15 is 0 Å². The summed E-state index contributed by atoms with van der Waals surface area (Å²) in [6.45, 7) is 0. The highest BCUT2D eigenvalue weighted by molar-refractivity contribution is 6.18. The minimum atomic E-state index is 0.269. The van der Waals surface area contributed by atoms with Crippen molar-refractivity contribution in [2.24, 2.45) is 0 Å². The molecule has 2 nitrogen and oxygen atoms in total. The lowest BCUT2D eigenvalue weighted by atomic mass is 9.87. The van der Waals surface area contributed by atoms with E-state index in [4.69, 9.17) is 4.74 Å². The largest absolute Gasteiger partial charge is 0.507 e. The fourth-order valence-corrected chi connectivity index (χ4v) is 5.74. The second kappa shape index (κ2) is 8.39. The van der Waals surface area contributed by atoms with Crippen molar-refractivity contribution in [3.8, 4) is 33.8 Å². The van der Waals surface area contributed by atoms with E-state index in [1.54, 1.807) is 7.11 Å². The van der Waals surface area contributed by atoms with Crippen molar-refractivity contribution in [2.45, 2.75) is 0 Å². The van der Waals surface area contributed by atoms with Crippen LogP contribution in [0.1, 0.15) is 0 Å². The lowest BCUT2D eigenvalue weighted by molar-refractivity contribution is 0.421. The van der Waals surface area contributed by atoms with Crippen molar-refractivity contribution in [2.75, 3.05) is 7.11 Å². The minimum Gasteiger partial charge on any atom is -0.507 e. The SMILES string of the molecule is COc1c(-c2c(-c3ccccc3)cc3ccc4ccccc4c3c2O)ccc2ccc3ccccc3c12. The molecule has 0 aliphatic rings. The highest BCUT2D eigenvalue weighted by atomic mass is 16.5. The zero-order valence-electron chi connectivity index (χ0n) is 20.4. The van der Waals surface area contributed by atoms with Gasteiger partial charge in [-0.3, -0.25) is 0 Å². The fourth-order valence-electron chi connectivity index (χ4n) is 5.74. The van der Waals surface area contributed by atoms with E-state index < -0.39 is 0 Å². The monoisotopic (exact) mass is 476 g/mol. The van der Waals surface area contributed by atoms with Crippen LogP contribution in [-0.4, -0.2) is 12.2 Å². The zero-order valence-corrected chi connectivity index (χ0v) is 20.4. The minimum absolute atomic E-state index is 0.269. The number of phenolic OH excluding ortho intramolecular Hbond substituents is 1. The fraction of sp³-hybridized carbons (Fsp3) is 0.0286. The van der Waals surface area contributed by atoms with Crippen molar-refractivity contribution in [1.82, 2.24) is 0 Å². The molecule has 0 aliphatic carbocycles. The first-order valence-corrected chi connectivity index (χ1v) is 12.5. The Morgan fingerprint density at radius 1 is 0.514 bits per heavy atom. The molecule has 0 saturated carbocycles. The van der Waals surface area contributed by atoms with Crippen molar-refractivity contribution >= 4 is 43.1 Å². The van der Waals surface area contributed by atoms with E-state index in [9.17, 15) is 5.11 Å². The van der Waals surface area contributed by atoms with Crippen LogP contribution in [0.2, 0.25) is 0 Å². The maximum absolute atomic E-state index is 12.1. The van der Waals surface area contributed by atoms with Crippen LogP contribution in [-0.2, 0) is 0 Å². The Morgan fingerprint density at radius 2 is 1.08 bits per heavy atom. The lowest BCUT2D eigenvalue weighted by Crippen LogP contribution is -1.95. The van der Waals surface area contributed by atoms with Crippen LogP contribution >= 0.6 is 0 Å². The van der Waals surface area contributed by atoms with Gasteiger partial charge in [-0.1, -0.05) is 109 Å².